The van der Waals surface area contributed by atoms with Crippen LogP contribution in [0.5, 0.6) is 11.5 Å². The summed E-state index contributed by atoms with van der Waals surface area (Å²) >= 11 is 0. The van der Waals surface area contributed by atoms with Crippen molar-refractivity contribution in [3.8, 4) is 11.5 Å². The molecule has 23 heavy (non-hydrogen) atoms. The van der Waals surface area contributed by atoms with Crippen LogP contribution in [-0.4, -0.2) is 25.3 Å². The summed E-state index contributed by atoms with van der Waals surface area (Å²) in [6.45, 7) is 0. The zero-order chi connectivity index (χ0) is 16.8. The van der Waals surface area contributed by atoms with Crippen LogP contribution in [0.25, 0.3) is 0 Å². The van der Waals surface area contributed by atoms with Crippen molar-refractivity contribution in [2.24, 2.45) is 5.73 Å². The van der Waals surface area contributed by atoms with Crippen molar-refractivity contribution in [3.05, 3.63) is 59.2 Å². The van der Waals surface area contributed by atoms with Crippen LogP contribution in [0.1, 0.15) is 29.2 Å². The standard InChI is InChI=1S/C18H21NO4/c1-22-14-7-5-13(6-8-14)18(19)15-11-12(4-10-17(20)21)3-9-16(15)23-2/h3,5-9,11,18H,4,10,19H2,1-2H3,(H,20,21). The molecule has 0 spiro atoms. The highest BCUT2D eigenvalue weighted by atomic mass is 16.5. The quantitative estimate of drug-likeness (QED) is 0.821. The number of methoxy groups -OCH3 is 2. The van der Waals surface area contributed by atoms with Gasteiger partial charge in [0.15, 0.2) is 0 Å². The van der Waals surface area contributed by atoms with E-state index < -0.39 is 5.97 Å². The van der Waals surface area contributed by atoms with Gasteiger partial charge in [-0.15, -0.1) is 0 Å². The van der Waals surface area contributed by atoms with Crippen molar-refractivity contribution in [1.29, 1.82) is 0 Å². The highest BCUT2D eigenvalue weighted by Crippen LogP contribution is 2.30. The van der Waals surface area contributed by atoms with Crippen molar-refractivity contribution in [2.45, 2.75) is 18.9 Å². The minimum absolute atomic E-state index is 0.0868. The number of benzene rings is 2. The third-order valence-electron chi connectivity index (χ3n) is 3.73. The lowest BCUT2D eigenvalue weighted by atomic mass is 9.95. The first-order valence-corrected chi connectivity index (χ1v) is 7.33. The van der Waals surface area contributed by atoms with Crippen LogP contribution in [0, 0.1) is 0 Å². The molecule has 5 nitrogen and oxygen atoms in total. The van der Waals surface area contributed by atoms with E-state index in [1.165, 1.54) is 0 Å². The summed E-state index contributed by atoms with van der Waals surface area (Å²) in [5, 5.41) is 8.82. The highest BCUT2D eigenvalue weighted by Gasteiger charge is 2.15. The smallest absolute Gasteiger partial charge is 0.303 e. The molecule has 0 radical (unpaired) electrons. The van der Waals surface area contributed by atoms with E-state index in [4.69, 9.17) is 20.3 Å². The number of rotatable bonds is 7. The molecule has 0 aliphatic heterocycles. The predicted molar refractivity (Wildman–Crippen MR) is 88.0 cm³/mol. The van der Waals surface area contributed by atoms with Gasteiger partial charge in [-0.05, 0) is 35.7 Å². The lowest BCUT2D eigenvalue weighted by Gasteiger charge is -2.18. The van der Waals surface area contributed by atoms with Crippen molar-refractivity contribution in [3.63, 3.8) is 0 Å². The molecule has 0 aliphatic rings. The summed E-state index contributed by atoms with van der Waals surface area (Å²) in [6, 6.07) is 12.8. The third-order valence-corrected chi connectivity index (χ3v) is 3.73. The van der Waals surface area contributed by atoms with Gasteiger partial charge in [-0.2, -0.15) is 0 Å². The molecule has 122 valence electrons. The Morgan fingerprint density at radius 1 is 1.13 bits per heavy atom. The van der Waals surface area contributed by atoms with Gasteiger partial charge in [-0.1, -0.05) is 24.3 Å². The lowest BCUT2D eigenvalue weighted by Crippen LogP contribution is -2.13. The molecular formula is C18H21NO4. The van der Waals surface area contributed by atoms with Gasteiger partial charge in [-0.25, -0.2) is 0 Å². The molecule has 0 aliphatic carbocycles. The normalized spacial score (nSPS) is 11.8. The molecule has 5 heteroatoms. The van der Waals surface area contributed by atoms with E-state index in [0.717, 1.165) is 22.4 Å². The Morgan fingerprint density at radius 3 is 2.39 bits per heavy atom. The largest absolute Gasteiger partial charge is 0.497 e. The fourth-order valence-corrected chi connectivity index (χ4v) is 2.42. The maximum atomic E-state index is 10.7. The summed E-state index contributed by atoms with van der Waals surface area (Å²) < 4.78 is 10.5. The molecule has 0 amide bonds. The Kier molecular flexibility index (Phi) is 5.60. The van der Waals surface area contributed by atoms with Crippen LogP contribution < -0.4 is 15.2 Å². The number of ether oxygens (including phenoxy) is 2. The summed E-state index contributed by atoms with van der Waals surface area (Å²) in [4.78, 5) is 10.7. The Morgan fingerprint density at radius 2 is 1.83 bits per heavy atom. The fraction of sp³-hybridized carbons (Fsp3) is 0.278. The molecule has 2 aromatic carbocycles. The second kappa shape index (κ2) is 7.65. The van der Waals surface area contributed by atoms with Crippen LogP contribution in [0.15, 0.2) is 42.5 Å². The zero-order valence-corrected chi connectivity index (χ0v) is 13.3. The first-order chi connectivity index (χ1) is 11.0. The second-order valence-corrected chi connectivity index (χ2v) is 5.22. The average molecular weight is 315 g/mol. The number of carboxylic acid groups (broad SMARTS) is 1. The van der Waals surface area contributed by atoms with Gasteiger partial charge in [0.1, 0.15) is 11.5 Å². The maximum Gasteiger partial charge on any atom is 0.303 e. The van der Waals surface area contributed by atoms with E-state index >= 15 is 0 Å². The molecule has 1 unspecified atom stereocenters. The molecule has 0 saturated heterocycles. The molecule has 2 rings (SSSR count). The Balaban J connectivity index is 2.30. The molecule has 0 bridgehead atoms. The van der Waals surface area contributed by atoms with Gasteiger partial charge in [0.05, 0.1) is 20.3 Å². The monoisotopic (exact) mass is 315 g/mol. The molecule has 0 fully saturated rings. The van der Waals surface area contributed by atoms with Gasteiger partial charge >= 0.3 is 5.97 Å². The van der Waals surface area contributed by atoms with Crippen LogP contribution in [0.4, 0.5) is 0 Å². The van der Waals surface area contributed by atoms with Gasteiger partial charge < -0.3 is 20.3 Å². The number of carboxylic acids is 1. The molecule has 0 heterocycles. The van der Waals surface area contributed by atoms with Crippen LogP contribution in [-0.2, 0) is 11.2 Å². The number of hydrogen-bond acceptors (Lipinski definition) is 4. The van der Waals surface area contributed by atoms with E-state index in [-0.39, 0.29) is 12.5 Å². The number of aryl methyl sites for hydroxylation is 1. The number of carbonyl (C=O) groups is 1. The Labute approximate surface area is 135 Å². The summed E-state index contributed by atoms with van der Waals surface area (Å²) in [5.41, 5.74) is 9.06. The van der Waals surface area contributed by atoms with E-state index in [1.807, 2.05) is 42.5 Å². The van der Waals surface area contributed by atoms with Crippen molar-refractivity contribution >= 4 is 5.97 Å². The first-order valence-electron chi connectivity index (χ1n) is 7.33. The topological polar surface area (TPSA) is 81.8 Å². The Hall–Kier alpha value is -2.53. The van der Waals surface area contributed by atoms with Crippen molar-refractivity contribution in [1.82, 2.24) is 0 Å². The fourth-order valence-electron chi connectivity index (χ4n) is 2.42. The minimum atomic E-state index is -0.818. The summed E-state index contributed by atoms with van der Waals surface area (Å²) in [5.74, 6) is 0.636. The molecular weight excluding hydrogens is 294 g/mol. The van der Waals surface area contributed by atoms with Crippen LogP contribution in [0.2, 0.25) is 0 Å². The van der Waals surface area contributed by atoms with E-state index in [2.05, 4.69) is 0 Å². The van der Waals surface area contributed by atoms with Gasteiger partial charge in [0, 0.05) is 12.0 Å². The average Bonchev–Trinajstić information content (AvgIpc) is 2.59. The van der Waals surface area contributed by atoms with Gasteiger partial charge in [-0.3, -0.25) is 4.79 Å². The third kappa shape index (κ3) is 4.23. The molecule has 0 aromatic heterocycles. The van der Waals surface area contributed by atoms with E-state index in [0.29, 0.717) is 12.2 Å². The van der Waals surface area contributed by atoms with Gasteiger partial charge in [0.25, 0.3) is 0 Å². The van der Waals surface area contributed by atoms with Crippen LogP contribution in [0.3, 0.4) is 0 Å². The van der Waals surface area contributed by atoms with E-state index in [1.54, 1.807) is 14.2 Å². The number of hydrogen-bond donors (Lipinski definition) is 2. The highest BCUT2D eigenvalue weighted by molar-refractivity contribution is 5.67. The molecule has 0 saturated carbocycles. The van der Waals surface area contributed by atoms with Gasteiger partial charge in [0.2, 0.25) is 0 Å². The summed E-state index contributed by atoms with van der Waals surface area (Å²) in [7, 11) is 3.21. The minimum Gasteiger partial charge on any atom is -0.497 e. The first kappa shape index (κ1) is 16.8. The van der Waals surface area contributed by atoms with Crippen LogP contribution >= 0.6 is 0 Å². The molecule has 2 aromatic rings. The Bertz CT molecular complexity index is 667. The maximum absolute atomic E-state index is 10.7. The lowest BCUT2D eigenvalue weighted by molar-refractivity contribution is -0.136. The molecule has 1 atom stereocenters. The SMILES string of the molecule is COc1ccc(C(N)c2cc(CCC(=O)O)ccc2OC)cc1. The zero-order valence-electron chi connectivity index (χ0n) is 13.3. The van der Waals surface area contributed by atoms with Crippen molar-refractivity contribution < 1.29 is 19.4 Å². The number of aliphatic carboxylic acids is 1. The summed E-state index contributed by atoms with van der Waals surface area (Å²) in [6.07, 6.45) is 0.547. The molecule has 3 N–H and O–H groups in total. The second-order valence-electron chi connectivity index (χ2n) is 5.22. The predicted octanol–water partition coefficient (Wildman–Crippen LogP) is 2.77. The number of nitrogens with two attached hydrogens (primary N) is 1. The van der Waals surface area contributed by atoms with E-state index in [9.17, 15) is 4.79 Å². The van der Waals surface area contributed by atoms with Crippen molar-refractivity contribution in [2.75, 3.05) is 14.2 Å².